The maximum atomic E-state index is 13.2. The number of benzene rings is 1. The standard InChI is InChI=1S/C13H15FO4/c1-16-12-8-9(2-3-11(12)14)13(15)18-10-4-6-17-7-5-10/h2-3,8,10H,4-7H2,1H3. The third kappa shape index (κ3) is 2.98. The van der Waals surface area contributed by atoms with Crippen molar-refractivity contribution in [3.8, 4) is 5.75 Å². The fraction of sp³-hybridized carbons (Fsp3) is 0.462. The zero-order valence-electron chi connectivity index (χ0n) is 10.1. The summed E-state index contributed by atoms with van der Waals surface area (Å²) < 4.78 is 28.5. The predicted octanol–water partition coefficient (Wildman–Crippen LogP) is 2.17. The first-order chi connectivity index (χ1) is 8.70. The Kier molecular flexibility index (Phi) is 4.15. The van der Waals surface area contributed by atoms with E-state index in [0.29, 0.717) is 31.6 Å². The number of hydrogen-bond acceptors (Lipinski definition) is 4. The lowest BCUT2D eigenvalue weighted by molar-refractivity contribution is -0.0159. The number of carbonyl (C=O) groups is 1. The van der Waals surface area contributed by atoms with E-state index in [9.17, 15) is 9.18 Å². The van der Waals surface area contributed by atoms with Crippen LogP contribution >= 0.6 is 0 Å². The molecule has 1 aliphatic rings. The molecule has 1 heterocycles. The molecule has 0 amide bonds. The second-order valence-corrected chi connectivity index (χ2v) is 4.07. The summed E-state index contributed by atoms with van der Waals surface area (Å²) in [4.78, 5) is 11.9. The molecule has 1 aromatic rings. The van der Waals surface area contributed by atoms with Crippen LogP contribution in [0.1, 0.15) is 23.2 Å². The van der Waals surface area contributed by atoms with Gasteiger partial charge >= 0.3 is 5.97 Å². The zero-order chi connectivity index (χ0) is 13.0. The van der Waals surface area contributed by atoms with Crippen molar-refractivity contribution in [1.29, 1.82) is 0 Å². The molecule has 0 radical (unpaired) electrons. The summed E-state index contributed by atoms with van der Waals surface area (Å²) in [5.41, 5.74) is 0.291. The summed E-state index contributed by atoms with van der Waals surface area (Å²) in [7, 11) is 1.35. The van der Waals surface area contributed by atoms with Gasteiger partial charge in [-0.2, -0.15) is 0 Å². The van der Waals surface area contributed by atoms with E-state index in [2.05, 4.69) is 0 Å². The van der Waals surface area contributed by atoms with Crippen LogP contribution in [0.4, 0.5) is 4.39 Å². The molecule has 0 spiro atoms. The van der Waals surface area contributed by atoms with Crippen LogP contribution in [0, 0.1) is 5.82 Å². The Morgan fingerprint density at radius 2 is 2.11 bits per heavy atom. The van der Waals surface area contributed by atoms with Crippen molar-refractivity contribution in [2.75, 3.05) is 20.3 Å². The van der Waals surface area contributed by atoms with Gasteiger partial charge in [0.05, 0.1) is 25.9 Å². The molecule has 2 rings (SSSR count). The van der Waals surface area contributed by atoms with E-state index in [1.165, 1.54) is 25.3 Å². The van der Waals surface area contributed by atoms with Gasteiger partial charge in [-0.05, 0) is 18.2 Å². The predicted molar refractivity (Wildman–Crippen MR) is 62.2 cm³/mol. The first-order valence-electron chi connectivity index (χ1n) is 5.83. The minimum atomic E-state index is -0.500. The molecule has 1 aromatic carbocycles. The minimum Gasteiger partial charge on any atom is -0.494 e. The van der Waals surface area contributed by atoms with E-state index in [4.69, 9.17) is 14.2 Å². The smallest absolute Gasteiger partial charge is 0.338 e. The topological polar surface area (TPSA) is 44.8 Å². The Hall–Kier alpha value is -1.62. The van der Waals surface area contributed by atoms with Gasteiger partial charge in [0, 0.05) is 12.8 Å². The molecule has 18 heavy (non-hydrogen) atoms. The Morgan fingerprint density at radius 3 is 2.78 bits per heavy atom. The van der Waals surface area contributed by atoms with Crippen molar-refractivity contribution in [3.05, 3.63) is 29.6 Å². The highest BCUT2D eigenvalue weighted by molar-refractivity contribution is 5.90. The van der Waals surface area contributed by atoms with Crippen LogP contribution in [0.15, 0.2) is 18.2 Å². The summed E-state index contributed by atoms with van der Waals surface area (Å²) in [6.45, 7) is 1.20. The van der Waals surface area contributed by atoms with E-state index in [1.54, 1.807) is 0 Å². The van der Waals surface area contributed by atoms with E-state index in [-0.39, 0.29) is 11.9 Å². The van der Waals surface area contributed by atoms with Gasteiger partial charge in [-0.1, -0.05) is 0 Å². The summed E-state index contributed by atoms with van der Waals surface area (Å²) in [6.07, 6.45) is 1.27. The highest BCUT2D eigenvalue weighted by atomic mass is 19.1. The van der Waals surface area contributed by atoms with Crippen LogP contribution < -0.4 is 4.74 Å². The Bertz CT molecular complexity index is 427. The Labute approximate surface area is 105 Å². The normalized spacial score (nSPS) is 16.3. The van der Waals surface area contributed by atoms with E-state index in [1.807, 2.05) is 0 Å². The maximum absolute atomic E-state index is 13.2. The molecule has 0 atom stereocenters. The molecular weight excluding hydrogens is 239 g/mol. The summed E-state index contributed by atoms with van der Waals surface area (Å²) in [6, 6.07) is 3.93. The first-order valence-corrected chi connectivity index (χ1v) is 5.83. The quantitative estimate of drug-likeness (QED) is 0.775. The highest BCUT2D eigenvalue weighted by Gasteiger charge is 2.19. The molecule has 98 valence electrons. The number of carbonyl (C=O) groups excluding carboxylic acids is 1. The fourth-order valence-electron chi connectivity index (χ4n) is 1.80. The molecule has 1 saturated heterocycles. The molecule has 0 aliphatic carbocycles. The molecule has 0 aromatic heterocycles. The lowest BCUT2D eigenvalue weighted by Gasteiger charge is -2.22. The SMILES string of the molecule is COc1cc(C(=O)OC2CCOCC2)ccc1F. The van der Waals surface area contributed by atoms with Gasteiger partial charge < -0.3 is 14.2 Å². The molecule has 1 fully saturated rings. The molecule has 0 saturated carbocycles. The summed E-state index contributed by atoms with van der Waals surface area (Å²) in [5, 5.41) is 0. The molecule has 5 heteroatoms. The average molecular weight is 254 g/mol. The van der Waals surface area contributed by atoms with Crippen molar-refractivity contribution < 1.29 is 23.4 Å². The van der Waals surface area contributed by atoms with Crippen LogP contribution in [0.25, 0.3) is 0 Å². The third-order valence-corrected chi connectivity index (χ3v) is 2.83. The van der Waals surface area contributed by atoms with Gasteiger partial charge in [0.2, 0.25) is 0 Å². The van der Waals surface area contributed by atoms with Crippen LogP contribution in [-0.4, -0.2) is 32.4 Å². The lowest BCUT2D eigenvalue weighted by atomic mass is 10.1. The van der Waals surface area contributed by atoms with Crippen LogP contribution in [-0.2, 0) is 9.47 Å². The Balaban J connectivity index is 2.03. The van der Waals surface area contributed by atoms with E-state index >= 15 is 0 Å². The molecule has 0 unspecified atom stereocenters. The van der Waals surface area contributed by atoms with Gasteiger partial charge in [0.15, 0.2) is 11.6 Å². The number of rotatable bonds is 3. The minimum absolute atomic E-state index is 0.0384. The van der Waals surface area contributed by atoms with Crippen molar-refractivity contribution in [2.24, 2.45) is 0 Å². The molecular formula is C13H15FO4. The zero-order valence-corrected chi connectivity index (χ0v) is 10.1. The molecule has 0 bridgehead atoms. The lowest BCUT2D eigenvalue weighted by Crippen LogP contribution is -2.26. The van der Waals surface area contributed by atoms with Gasteiger partial charge in [0.25, 0.3) is 0 Å². The number of halogens is 1. The van der Waals surface area contributed by atoms with Gasteiger partial charge in [0.1, 0.15) is 6.10 Å². The van der Waals surface area contributed by atoms with Crippen molar-refractivity contribution >= 4 is 5.97 Å². The van der Waals surface area contributed by atoms with Gasteiger partial charge in [-0.15, -0.1) is 0 Å². The number of methoxy groups -OCH3 is 1. The van der Waals surface area contributed by atoms with Crippen LogP contribution in [0.2, 0.25) is 0 Å². The van der Waals surface area contributed by atoms with E-state index in [0.717, 1.165) is 0 Å². The van der Waals surface area contributed by atoms with Crippen LogP contribution in [0.5, 0.6) is 5.75 Å². The van der Waals surface area contributed by atoms with Gasteiger partial charge in [-0.3, -0.25) is 0 Å². The molecule has 1 aliphatic heterocycles. The van der Waals surface area contributed by atoms with Crippen molar-refractivity contribution in [3.63, 3.8) is 0 Å². The highest BCUT2D eigenvalue weighted by Crippen LogP contribution is 2.20. The first kappa shape index (κ1) is 12.8. The molecule has 0 N–H and O–H groups in total. The second kappa shape index (κ2) is 5.82. The Morgan fingerprint density at radius 1 is 1.39 bits per heavy atom. The maximum Gasteiger partial charge on any atom is 0.338 e. The summed E-state index contributed by atoms with van der Waals surface area (Å²) >= 11 is 0. The van der Waals surface area contributed by atoms with Crippen molar-refractivity contribution in [2.45, 2.75) is 18.9 Å². The monoisotopic (exact) mass is 254 g/mol. The van der Waals surface area contributed by atoms with Crippen LogP contribution in [0.3, 0.4) is 0 Å². The van der Waals surface area contributed by atoms with Gasteiger partial charge in [-0.25, -0.2) is 9.18 Å². The number of esters is 1. The molecule has 4 nitrogen and oxygen atoms in total. The summed E-state index contributed by atoms with van der Waals surface area (Å²) in [5.74, 6) is -0.920. The third-order valence-electron chi connectivity index (χ3n) is 2.83. The second-order valence-electron chi connectivity index (χ2n) is 4.07. The fourth-order valence-corrected chi connectivity index (χ4v) is 1.80. The van der Waals surface area contributed by atoms with Crippen molar-refractivity contribution in [1.82, 2.24) is 0 Å². The number of hydrogen-bond donors (Lipinski definition) is 0. The number of ether oxygens (including phenoxy) is 3. The average Bonchev–Trinajstić information content (AvgIpc) is 2.40. The van der Waals surface area contributed by atoms with E-state index < -0.39 is 11.8 Å². The largest absolute Gasteiger partial charge is 0.494 e.